The molecule has 0 unspecified atom stereocenters. The first-order valence-electron chi connectivity index (χ1n) is 11.0. The number of rotatable bonds is 8. The topological polar surface area (TPSA) is 49.9 Å². The van der Waals surface area contributed by atoms with E-state index in [0.29, 0.717) is 24.6 Å². The van der Waals surface area contributed by atoms with E-state index in [9.17, 15) is 9.59 Å². The van der Waals surface area contributed by atoms with Gasteiger partial charge in [-0.3, -0.25) is 9.59 Å². The molecule has 7 heteroatoms. The zero-order chi connectivity index (χ0) is 23.4. The van der Waals surface area contributed by atoms with Crippen LogP contribution in [0.25, 0.3) is 0 Å². The molecular formula is C26H28N2O3S2. The predicted octanol–water partition coefficient (Wildman–Crippen LogP) is 5.26. The maximum atomic E-state index is 13.5. The highest BCUT2D eigenvalue weighted by atomic mass is 32.1. The lowest BCUT2D eigenvalue weighted by Crippen LogP contribution is -2.47. The zero-order valence-corrected chi connectivity index (χ0v) is 20.6. The van der Waals surface area contributed by atoms with E-state index < -0.39 is 0 Å². The van der Waals surface area contributed by atoms with Gasteiger partial charge in [0.1, 0.15) is 18.9 Å². The van der Waals surface area contributed by atoms with Crippen molar-refractivity contribution in [3.8, 4) is 5.75 Å². The Kier molecular flexibility index (Phi) is 7.30. The standard InChI is InChI=1S/C26H28N2O3S2/c1-4-11-27(26(30)24-6-5-13-32-24)16-25(29)28-12-9-23-20(10-14-33-23)21(28)17-31-22-8-7-18(2)15-19(22)3/h4-8,10,13-15,21H,1,9,11-12,16-17H2,2-3H3/t21-/m0/s1. The average molecular weight is 481 g/mol. The lowest BCUT2D eigenvalue weighted by molar-refractivity contribution is -0.135. The minimum Gasteiger partial charge on any atom is -0.491 e. The summed E-state index contributed by atoms with van der Waals surface area (Å²) in [5.74, 6) is 0.610. The summed E-state index contributed by atoms with van der Waals surface area (Å²) in [5.41, 5.74) is 3.41. The smallest absolute Gasteiger partial charge is 0.264 e. The zero-order valence-electron chi connectivity index (χ0n) is 19.0. The number of ether oxygens (including phenoxy) is 1. The molecule has 1 aromatic carbocycles. The third kappa shape index (κ3) is 5.20. The van der Waals surface area contributed by atoms with Gasteiger partial charge in [-0.25, -0.2) is 0 Å². The summed E-state index contributed by atoms with van der Waals surface area (Å²) in [7, 11) is 0. The van der Waals surface area contributed by atoms with E-state index in [1.165, 1.54) is 21.8 Å². The van der Waals surface area contributed by atoms with Crippen molar-refractivity contribution in [1.82, 2.24) is 9.80 Å². The van der Waals surface area contributed by atoms with Crippen molar-refractivity contribution in [2.45, 2.75) is 26.3 Å². The number of benzene rings is 1. The average Bonchev–Trinajstić information content (AvgIpc) is 3.49. The highest BCUT2D eigenvalue weighted by Crippen LogP contribution is 2.34. The van der Waals surface area contributed by atoms with Crippen LogP contribution < -0.4 is 4.74 Å². The molecule has 0 saturated carbocycles. The highest BCUT2D eigenvalue weighted by Gasteiger charge is 2.33. The van der Waals surface area contributed by atoms with Crippen LogP contribution in [-0.4, -0.2) is 47.9 Å². The fourth-order valence-electron chi connectivity index (χ4n) is 4.19. The molecule has 0 aliphatic carbocycles. The van der Waals surface area contributed by atoms with E-state index in [0.717, 1.165) is 23.3 Å². The Labute approximate surface area is 202 Å². The first-order chi connectivity index (χ1) is 16.0. The molecule has 1 atom stereocenters. The maximum absolute atomic E-state index is 13.5. The second-order valence-corrected chi connectivity index (χ2v) is 10.1. The number of carbonyl (C=O) groups is 2. The number of thiophene rings is 2. The van der Waals surface area contributed by atoms with Gasteiger partial charge in [0.15, 0.2) is 0 Å². The second kappa shape index (κ2) is 10.4. The van der Waals surface area contributed by atoms with Gasteiger partial charge in [0.25, 0.3) is 5.91 Å². The molecule has 0 N–H and O–H groups in total. The number of aryl methyl sites for hydroxylation is 2. The van der Waals surface area contributed by atoms with E-state index in [4.69, 9.17) is 4.74 Å². The molecule has 0 spiro atoms. The van der Waals surface area contributed by atoms with Gasteiger partial charge in [-0.2, -0.15) is 0 Å². The highest BCUT2D eigenvalue weighted by molar-refractivity contribution is 7.12. The Morgan fingerprint density at radius 3 is 2.79 bits per heavy atom. The van der Waals surface area contributed by atoms with Gasteiger partial charge in [0.05, 0.1) is 10.9 Å². The number of fused-ring (bicyclic) bond motifs is 1. The molecule has 4 rings (SSSR count). The molecule has 33 heavy (non-hydrogen) atoms. The third-order valence-electron chi connectivity index (χ3n) is 5.84. The minimum absolute atomic E-state index is 0.0162. The lowest BCUT2D eigenvalue weighted by atomic mass is 10.00. The van der Waals surface area contributed by atoms with Crippen LogP contribution in [0, 0.1) is 13.8 Å². The van der Waals surface area contributed by atoms with Crippen LogP contribution in [0.2, 0.25) is 0 Å². The van der Waals surface area contributed by atoms with Gasteiger partial charge >= 0.3 is 0 Å². The van der Waals surface area contributed by atoms with Crippen LogP contribution in [0.1, 0.15) is 37.3 Å². The molecule has 0 radical (unpaired) electrons. The van der Waals surface area contributed by atoms with Crippen LogP contribution >= 0.6 is 22.7 Å². The SMILES string of the molecule is C=CCN(CC(=O)N1CCc2sccc2[C@@H]1COc1ccc(C)cc1C)C(=O)c1cccs1. The van der Waals surface area contributed by atoms with Gasteiger partial charge < -0.3 is 14.5 Å². The molecule has 3 heterocycles. The van der Waals surface area contributed by atoms with Crippen molar-refractivity contribution in [2.75, 3.05) is 26.2 Å². The van der Waals surface area contributed by atoms with Gasteiger partial charge in [-0.15, -0.1) is 29.3 Å². The van der Waals surface area contributed by atoms with Crippen molar-refractivity contribution in [3.05, 3.63) is 86.3 Å². The Balaban J connectivity index is 1.53. The number of nitrogens with zero attached hydrogens (tertiary/aromatic N) is 2. The summed E-state index contributed by atoms with van der Waals surface area (Å²) >= 11 is 3.10. The molecule has 0 fully saturated rings. The summed E-state index contributed by atoms with van der Waals surface area (Å²) < 4.78 is 6.21. The van der Waals surface area contributed by atoms with Crippen molar-refractivity contribution in [1.29, 1.82) is 0 Å². The molecular weight excluding hydrogens is 452 g/mol. The van der Waals surface area contributed by atoms with Crippen molar-refractivity contribution in [3.63, 3.8) is 0 Å². The molecule has 1 aliphatic rings. The maximum Gasteiger partial charge on any atom is 0.264 e. The molecule has 2 aromatic heterocycles. The fraction of sp³-hybridized carbons (Fsp3) is 0.308. The lowest BCUT2D eigenvalue weighted by Gasteiger charge is -2.37. The van der Waals surface area contributed by atoms with E-state index in [-0.39, 0.29) is 24.4 Å². The van der Waals surface area contributed by atoms with Crippen LogP contribution in [0.15, 0.2) is 59.8 Å². The molecule has 3 aromatic rings. The molecule has 172 valence electrons. The molecule has 1 aliphatic heterocycles. The molecule has 5 nitrogen and oxygen atoms in total. The number of hydrogen-bond donors (Lipinski definition) is 0. The summed E-state index contributed by atoms with van der Waals surface area (Å²) in [4.78, 5) is 31.7. The number of amides is 2. The quantitative estimate of drug-likeness (QED) is 0.413. The van der Waals surface area contributed by atoms with E-state index >= 15 is 0 Å². The monoisotopic (exact) mass is 480 g/mol. The van der Waals surface area contributed by atoms with Gasteiger partial charge in [0, 0.05) is 18.0 Å². The van der Waals surface area contributed by atoms with Gasteiger partial charge in [-0.1, -0.05) is 29.8 Å². The normalized spacial score (nSPS) is 15.1. The molecule has 0 bridgehead atoms. The first kappa shape index (κ1) is 23.3. The van der Waals surface area contributed by atoms with Crippen molar-refractivity contribution >= 4 is 34.5 Å². The number of hydrogen-bond acceptors (Lipinski definition) is 5. The minimum atomic E-state index is -0.185. The third-order valence-corrected chi connectivity index (χ3v) is 7.69. The first-order valence-corrected chi connectivity index (χ1v) is 12.7. The van der Waals surface area contributed by atoms with Gasteiger partial charge in [-0.05, 0) is 60.4 Å². The van der Waals surface area contributed by atoms with E-state index in [1.54, 1.807) is 28.4 Å². The van der Waals surface area contributed by atoms with Crippen LogP contribution in [-0.2, 0) is 11.2 Å². The summed E-state index contributed by atoms with van der Waals surface area (Å²) in [6.45, 7) is 9.18. The van der Waals surface area contributed by atoms with Crippen LogP contribution in [0.5, 0.6) is 5.75 Å². The molecule has 2 amide bonds. The largest absolute Gasteiger partial charge is 0.491 e. The second-order valence-electron chi connectivity index (χ2n) is 8.18. The van der Waals surface area contributed by atoms with Crippen LogP contribution in [0.4, 0.5) is 0 Å². The van der Waals surface area contributed by atoms with Crippen molar-refractivity contribution < 1.29 is 14.3 Å². The Morgan fingerprint density at radius 1 is 1.21 bits per heavy atom. The fourth-order valence-corrected chi connectivity index (χ4v) is 5.81. The van der Waals surface area contributed by atoms with Crippen LogP contribution in [0.3, 0.4) is 0 Å². The predicted molar refractivity (Wildman–Crippen MR) is 134 cm³/mol. The number of carbonyl (C=O) groups excluding carboxylic acids is 2. The molecule has 0 saturated heterocycles. The van der Waals surface area contributed by atoms with Gasteiger partial charge in [0.2, 0.25) is 5.91 Å². The Hall–Kier alpha value is -2.90. The van der Waals surface area contributed by atoms with E-state index in [1.807, 2.05) is 35.4 Å². The van der Waals surface area contributed by atoms with Crippen molar-refractivity contribution in [2.24, 2.45) is 0 Å². The Morgan fingerprint density at radius 2 is 2.06 bits per heavy atom. The Bertz CT molecular complexity index is 1140. The summed E-state index contributed by atoms with van der Waals surface area (Å²) in [5, 5.41) is 3.94. The van der Waals surface area contributed by atoms with E-state index in [2.05, 4.69) is 31.0 Å². The summed E-state index contributed by atoms with van der Waals surface area (Å²) in [6.07, 6.45) is 2.48. The summed E-state index contributed by atoms with van der Waals surface area (Å²) in [6, 6.07) is 11.6.